The lowest BCUT2D eigenvalue weighted by Gasteiger charge is -2.29. The van der Waals surface area contributed by atoms with Crippen LogP contribution in [-0.2, 0) is 39.6 Å². The van der Waals surface area contributed by atoms with Crippen LogP contribution in [0.3, 0.4) is 0 Å². The molecule has 2 unspecified atom stereocenters. The highest BCUT2D eigenvalue weighted by Crippen LogP contribution is 2.62. The summed E-state index contributed by atoms with van der Waals surface area (Å²) < 4.78 is 138. The van der Waals surface area contributed by atoms with Crippen LogP contribution in [0.25, 0.3) is 11.1 Å². The maximum absolute atomic E-state index is 14.8. The summed E-state index contributed by atoms with van der Waals surface area (Å²) in [5.41, 5.74) is -4.23. The summed E-state index contributed by atoms with van der Waals surface area (Å²) in [5, 5.41) is 6.27. The van der Waals surface area contributed by atoms with Gasteiger partial charge in [0.2, 0.25) is 0 Å². The number of hydrogen-bond donors (Lipinski definition) is 2. The molecule has 0 heterocycles. The molecular weight excluding hydrogens is 803 g/mol. The van der Waals surface area contributed by atoms with E-state index in [4.69, 9.17) is 41.3 Å². The third kappa shape index (κ3) is 10.6. The van der Waals surface area contributed by atoms with E-state index in [1.807, 2.05) is 0 Å². The molecule has 4 aromatic carbocycles. The Kier molecular flexibility index (Phi) is 14.8. The van der Waals surface area contributed by atoms with Gasteiger partial charge in [-0.2, -0.15) is 26.3 Å². The van der Waals surface area contributed by atoms with Crippen LogP contribution in [0.15, 0.2) is 84.9 Å². The zero-order chi connectivity index (χ0) is 39.9. The number of benzene rings is 4. The number of nitrogens with one attached hydrogen (secondary N) is 2. The first-order chi connectivity index (χ1) is 25.4. The minimum atomic E-state index is -5.15. The van der Waals surface area contributed by atoms with Crippen LogP contribution < -0.4 is 10.6 Å². The second-order valence-electron chi connectivity index (χ2n) is 11.5. The van der Waals surface area contributed by atoms with Crippen LogP contribution in [0.5, 0.6) is 0 Å². The molecule has 2 N–H and O–H groups in total. The Bertz CT molecular complexity index is 1810. The number of alkyl halides is 6. The number of hydrogen-bond acceptors (Lipinski definition) is 8. The van der Waals surface area contributed by atoms with Crippen molar-refractivity contribution < 1.29 is 53.6 Å². The van der Waals surface area contributed by atoms with E-state index >= 15 is 0 Å². The molecule has 0 fully saturated rings. The summed E-state index contributed by atoms with van der Waals surface area (Å²) in [5.74, 6) is -2.65. The molecule has 0 saturated carbocycles. The van der Waals surface area contributed by atoms with E-state index in [1.54, 1.807) is 27.7 Å². The summed E-state index contributed by atoms with van der Waals surface area (Å²) in [6.07, 6.45) is -10.3. The van der Waals surface area contributed by atoms with Gasteiger partial charge in [0.15, 0.2) is 11.6 Å². The zero-order valence-corrected chi connectivity index (χ0v) is 32.7. The Labute approximate surface area is 319 Å². The number of rotatable bonds is 17. The Balaban J connectivity index is 1.85. The van der Waals surface area contributed by atoms with Crippen molar-refractivity contribution in [2.24, 2.45) is 0 Å². The fourth-order valence-electron chi connectivity index (χ4n) is 5.60. The van der Waals surface area contributed by atoms with Gasteiger partial charge in [0.05, 0.1) is 37.6 Å². The van der Waals surface area contributed by atoms with Crippen molar-refractivity contribution in [3.8, 4) is 11.1 Å². The van der Waals surface area contributed by atoms with Gasteiger partial charge in [-0.1, -0.05) is 59.6 Å². The van der Waals surface area contributed by atoms with Crippen molar-refractivity contribution in [2.45, 2.75) is 51.6 Å². The molecule has 8 nitrogen and oxygen atoms in total. The molecule has 0 aliphatic heterocycles. The lowest BCUT2D eigenvalue weighted by Crippen LogP contribution is -2.17. The average molecular weight is 842 g/mol. The molecule has 0 aliphatic rings. The number of halogens is 8. The van der Waals surface area contributed by atoms with Crippen molar-refractivity contribution in [2.75, 3.05) is 37.1 Å². The fourth-order valence-corrected chi connectivity index (χ4v) is 9.72. The van der Waals surface area contributed by atoms with Crippen molar-refractivity contribution >= 4 is 49.8 Å². The fraction of sp³-hybridized carbons (Fsp3) is 0.333. The molecule has 2 atom stereocenters. The summed E-state index contributed by atoms with van der Waals surface area (Å²) >= 11 is 12.1. The monoisotopic (exact) mass is 840 g/mol. The van der Waals surface area contributed by atoms with E-state index in [1.165, 1.54) is 48.5 Å². The molecule has 0 amide bonds. The van der Waals surface area contributed by atoms with Crippen molar-refractivity contribution in [1.29, 1.82) is 0 Å². The molecule has 18 heteroatoms. The smallest absolute Gasteiger partial charge is 0.368 e. The molecule has 4 aromatic rings. The van der Waals surface area contributed by atoms with Gasteiger partial charge in [-0.05, 0) is 98.5 Å². The van der Waals surface area contributed by atoms with E-state index in [-0.39, 0.29) is 37.8 Å². The lowest BCUT2D eigenvalue weighted by atomic mass is 9.93. The SMILES string of the molecule is CCOP(=O)(OCC)C(Nc1ccc(-c2ccc(NC(c3ccc(Cl)cc3)P(=O)(OCC)OCC)cc2C(F)(F)F)c(C(F)(F)F)c1)c1ccc(Cl)cc1. The van der Waals surface area contributed by atoms with Gasteiger partial charge < -0.3 is 28.7 Å². The van der Waals surface area contributed by atoms with Gasteiger partial charge in [-0.3, -0.25) is 9.13 Å². The maximum atomic E-state index is 14.8. The van der Waals surface area contributed by atoms with Crippen LogP contribution in [0.2, 0.25) is 10.0 Å². The summed E-state index contributed by atoms with van der Waals surface area (Å²) in [6, 6.07) is 17.2. The first-order valence-corrected chi connectivity index (χ1v) is 20.6. The van der Waals surface area contributed by atoms with Crippen LogP contribution in [0.4, 0.5) is 37.7 Å². The third-order valence-electron chi connectivity index (χ3n) is 7.79. The molecule has 0 saturated heterocycles. The second-order valence-corrected chi connectivity index (χ2v) is 16.6. The molecule has 4 rings (SSSR count). The highest BCUT2D eigenvalue weighted by molar-refractivity contribution is 7.54. The molecule has 0 aliphatic carbocycles. The molecule has 0 radical (unpaired) electrons. The predicted octanol–water partition coefficient (Wildman–Crippen LogP) is 13.5. The van der Waals surface area contributed by atoms with Gasteiger partial charge in [-0.25, -0.2) is 0 Å². The van der Waals surface area contributed by atoms with Gasteiger partial charge in [-0.15, -0.1) is 0 Å². The Morgan fingerprint density at radius 2 is 0.833 bits per heavy atom. The summed E-state index contributed by atoms with van der Waals surface area (Å²) in [6.45, 7) is 6.02. The minimum Gasteiger partial charge on any atom is -0.368 e. The highest BCUT2D eigenvalue weighted by Gasteiger charge is 2.42. The lowest BCUT2D eigenvalue weighted by molar-refractivity contribution is -0.139. The van der Waals surface area contributed by atoms with Crippen LogP contribution in [-0.4, -0.2) is 26.4 Å². The van der Waals surface area contributed by atoms with Crippen LogP contribution >= 0.6 is 38.4 Å². The predicted molar refractivity (Wildman–Crippen MR) is 199 cm³/mol. The normalized spacial score (nSPS) is 13.8. The van der Waals surface area contributed by atoms with Gasteiger partial charge in [0.1, 0.15) is 0 Å². The highest BCUT2D eigenvalue weighted by atomic mass is 35.5. The van der Waals surface area contributed by atoms with Crippen LogP contribution in [0.1, 0.15) is 61.5 Å². The van der Waals surface area contributed by atoms with Crippen LogP contribution in [0, 0.1) is 0 Å². The standard InChI is InChI=1S/C36H38Cl2F6N2O6P2/c1-5-49-53(47,50-6-2)33(23-9-13-25(37)14-10-23)45-27-17-19-29(31(21-27)35(39,40)41)30-20-18-28(22-32(30)36(42,43)44)46-34(24-11-15-26(38)16-12-24)54(48,51-7-3)52-8-4/h9-22,33-34,45-46H,5-8H2,1-4H3. The average Bonchev–Trinajstić information content (AvgIpc) is 3.10. The first kappa shape index (κ1) is 43.7. The van der Waals surface area contributed by atoms with Crippen molar-refractivity contribution in [1.82, 2.24) is 0 Å². The topological polar surface area (TPSA) is 95.1 Å². The molecule has 54 heavy (non-hydrogen) atoms. The Morgan fingerprint density at radius 3 is 1.09 bits per heavy atom. The van der Waals surface area contributed by atoms with Crippen molar-refractivity contribution in [3.05, 3.63) is 117 Å². The molecular formula is C36H38Cl2F6N2O6P2. The first-order valence-electron chi connectivity index (χ1n) is 16.6. The van der Waals surface area contributed by atoms with Gasteiger partial charge in [0.25, 0.3) is 0 Å². The molecule has 0 spiro atoms. The molecule has 294 valence electrons. The minimum absolute atomic E-state index is 0.0594. The number of anilines is 2. The molecule has 0 aromatic heterocycles. The van der Waals surface area contributed by atoms with Crippen molar-refractivity contribution in [3.63, 3.8) is 0 Å². The van der Waals surface area contributed by atoms with Gasteiger partial charge in [0, 0.05) is 21.4 Å². The van der Waals surface area contributed by atoms with E-state index in [2.05, 4.69) is 10.6 Å². The van der Waals surface area contributed by atoms with E-state index in [0.29, 0.717) is 33.3 Å². The third-order valence-corrected chi connectivity index (χ3v) is 12.9. The van der Waals surface area contributed by atoms with Gasteiger partial charge >= 0.3 is 27.5 Å². The second kappa shape index (κ2) is 18.3. The summed E-state index contributed by atoms with van der Waals surface area (Å²) in [4.78, 5) is 0. The van der Waals surface area contributed by atoms with E-state index in [0.717, 1.165) is 24.3 Å². The summed E-state index contributed by atoms with van der Waals surface area (Å²) in [7, 11) is -8.17. The quantitative estimate of drug-likeness (QED) is 0.0802. The Morgan fingerprint density at radius 1 is 0.537 bits per heavy atom. The van der Waals surface area contributed by atoms with E-state index in [9.17, 15) is 35.5 Å². The maximum Gasteiger partial charge on any atom is 0.417 e. The largest absolute Gasteiger partial charge is 0.417 e. The Hall–Kier alpha value is -3.06. The zero-order valence-electron chi connectivity index (χ0n) is 29.4. The molecule has 0 bridgehead atoms. The van der Waals surface area contributed by atoms with E-state index < -0.39 is 61.4 Å².